The molecule has 1 nitrogen and oxygen atoms in total. The number of aromatic hydroxyl groups is 1. The van der Waals surface area contributed by atoms with Crippen molar-refractivity contribution in [1.29, 1.82) is 0 Å². The first kappa shape index (κ1) is 14.9. The monoisotopic (exact) mass is 286 g/mol. The Morgan fingerprint density at radius 1 is 0.905 bits per heavy atom. The summed E-state index contributed by atoms with van der Waals surface area (Å²) in [5.74, 6) is 0.520. The van der Waals surface area contributed by atoms with Crippen LogP contribution in [0.25, 0.3) is 0 Å². The maximum Gasteiger partial charge on any atom is 0.119 e. The summed E-state index contributed by atoms with van der Waals surface area (Å²) in [6.07, 6.45) is 13.0. The fourth-order valence-electron chi connectivity index (χ4n) is 3.47. The molecule has 0 radical (unpaired) electrons. The van der Waals surface area contributed by atoms with Gasteiger partial charge in [-0.25, -0.2) is 0 Å². The molecule has 0 amide bonds. The fraction of sp³-hybridized carbons (Fsp3) is 0.700. The molecule has 0 atom stereocenters. The van der Waals surface area contributed by atoms with Gasteiger partial charge in [0, 0.05) is 0 Å². The zero-order valence-corrected chi connectivity index (χ0v) is 13.8. The summed E-state index contributed by atoms with van der Waals surface area (Å²) in [6.45, 7) is 4.81. The molecule has 2 fully saturated rings. The average Bonchev–Trinajstić information content (AvgIpc) is 3.34. The van der Waals surface area contributed by atoms with Crippen molar-refractivity contribution in [1.82, 2.24) is 0 Å². The normalized spacial score (nSPS) is 21.2. The van der Waals surface area contributed by atoms with Crippen LogP contribution in [0.2, 0.25) is 0 Å². The molecule has 2 saturated carbocycles. The van der Waals surface area contributed by atoms with Crippen molar-refractivity contribution in [3.05, 3.63) is 29.3 Å². The fourth-order valence-corrected chi connectivity index (χ4v) is 3.47. The summed E-state index contributed by atoms with van der Waals surface area (Å²) >= 11 is 0. The van der Waals surface area contributed by atoms with Gasteiger partial charge in [-0.1, -0.05) is 26.0 Å². The summed E-state index contributed by atoms with van der Waals surface area (Å²) in [4.78, 5) is 0. The first-order valence-corrected chi connectivity index (χ1v) is 8.80. The Labute approximate surface area is 129 Å². The number of aryl methyl sites for hydroxylation is 1. The first-order chi connectivity index (χ1) is 10.00. The molecule has 0 heterocycles. The van der Waals surface area contributed by atoms with Gasteiger partial charge in [0.05, 0.1) is 0 Å². The summed E-state index contributed by atoms with van der Waals surface area (Å²) in [7, 11) is 0. The van der Waals surface area contributed by atoms with Gasteiger partial charge < -0.3 is 5.11 Å². The van der Waals surface area contributed by atoms with E-state index >= 15 is 0 Å². The van der Waals surface area contributed by atoms with Gasteiger partial charge in [0.2, 0.25) is 0 Å². The molecule has 0 saturated heterocycles. The molecule has 1 aromatic carbocycles. The van der Waals surface area contributed by atoms with Crippen LogP contribution in [0, 0.1) is 10.8 Å². The van der Waals surface area contributed by atoms with Gasteiger partial charge in [0.1, 0.15) is 5.75 Å². The quantitative estimate of drug-likeness (QED) is 0.656. The number of phenolic OH excluding ortho intramolecular Hbond substituents is 1. The number of rotatable bonds is 8. The van der Waals surface area contributed by atoms with Crippen LogP contribution < -0.4 is 0 Å². The van der Waals surface area contributed by atoms with E-state index in [1.54, 1.807) is 0 Å². The first-order valence-electron chi connectivity index (χ1n) is 8.80. The summed E-state index contributed by atoms with van der Waals surface area (Å²) in [5.41, 5.74) is 3.89. The van der Waals surface area contributed by atoms with E-state index in [1.807, 2.05) is 12.1 Å². The van der Waals surface area contributed by atoms with Gasteiger partial charge in [0.25, 0.3) is 0 Å². The highest BCUT2D eigenvalue weighted by Crippen LogP contribution is 2.50. The Morgan fingerprint density at radius 2 is 1.48 bits per heavy atom. The van der Waals surface area contributed by atoms with E-state index in [1.165, 1.54) is 62.5 Å². The van der Waals surface area contributed by atoms with Gasteiger partial charge in [-0.3, -0.25) is 0 Å². The topological polar surface area (TPSA) is 20.2 Å². The average molecular weight is 286 g/mol. The lowest BCUT2D eigenvalue weighted by Crippen LogP contribution is -2.00. The van der Waals surface area contributed by atoms with Crippen LogP contribution in [0.3, 0.4) is 0 Å². The zero-order chi connectivity index (χ0) is 14.9. The molecular weight excluding hydrogens is 256 g/mol. The standard InChI is InChI=1S/C20H30O/c1-19(12-13-19)10-4-7-16-6-3-9-18(21)17(16)8-5-11-20(2)14-15-20/h3,6,9,21H,4-5,7-8,10-15H2,1-2H3. The van der Waals surface area contributed by atoms with Gasteiger partial charge >= 0.3 is 0 Å². The maximum atomic E-state index is 10.2. The van der Waals surface area contributed by atoms with Crippen LogP contribution >= 0.6 is 0 Å². The van der Waals surface area contributed by atoms with Gasteiger partial charge in [-0.15, -0.1) is 0 Å². The molecule has 1 aromatic rings. The van der Waals surface area contributed by atoms with Crippen molar-refractivity contribution < 1.29 is 5.11 Å². The van der Waals surface area contributed by atoms with Crippen molar-refractivity contribution in [2.45, 2.75) is 78.1 Å². The van der Waals surface area contributed by atoms with Crippen LogP contribution in [-0.2, 0) is 12.8 Å². The van der Waals surface area contributed by atoms with Gasteiger partial charge in [0.15, 0.2) is 0 Å². The van der Waals surface area contributed by atoms with Crippen LogP contribution in [0.15, 0.2) is 18.2 Å². The molecule has 0 aromatic heterocycles. The Hall–Kier alpha value is -0.980. The van der Waals surface area contributed by atoms with Crippen molar-refractivity contribution >= 4 is 0 Å². The van der Waals surface area contributed by atoms with E-state index in [4.69, 9.17) is 0 Å². The minimum atomic E-state index is 0.520. The number of hydrogen-bond donors (Lipinski definition) is 1. The number of benzene rings is 1. The van der Waals surface area contributed by atoms with Crippen molar-refractivity contribution in [2.24, 2.45) is 10.8 Å². The summed E-state index contributed by atoms with van der Waals surface area (Å²) in [6, 6.07) is 6.10. The van der Waals surface area contributed by atoms with Gasteiger partial charge in [-0.05, 0) is 92.2 Å². The van der Waals surface area contributed by atoms with E-state index in [0.29, 0.717) is 16.6 Å². The highest BCUT2D eigenvalue weighted by atomic mass is 16.3. The van der Waals surface area contributed by atoms with E-state index in [-0.39, 0.29) is 0 Å². The van der Waals surface area contributed by atoms with E-state index in [2.05, 4.69) is 19.9 Å². The molecular formula is C20H30O. The van der Waals surface area contributed by atoms with Crippen molar-refractivity contribution in [2.75, 3.05) is 0 Å². The van der Waals surface area contributed by atoms with E-state index in [0.717, 1.165) is 12.8 Å². The van der Waals surface area contributed by atoms with Crippen LogP contribution in [0.4, 0.5) is 0 Å². The van der Waals surface area contributed by atoms with E-state index < -0.39 is 0 Å². The molecule has 0 spiro atoms. The van der Waals surface area contributed by atoms with Crippen LogP contribution in [0.1, 0.15) is 76.3 Å². The number of hydrogen-bond acceptors (Lipinski definition) is 1. The van der Waals surface area contributed by atoms with E-state index in [9.17, 15) is 5.11 Å². The Kier molecular flexibility index (Phi) is 4.03. The summed E-state index contributed by atoms with van der Waals surface area (Å²) in [5, 5.41) is 10.2. The van der Waals surface area contributed by atoms with Crippen LogP contribution in [0.5, 0.6) is 5.75 Å². The second kappa shape index (κ2) is 5.66. The van der Waals surface area contributed by atoms with Crippen molar-refractivity contribution in [3.8, 4) is 5.75 Å². The largest absolute Gasteiger partial charge is 0.508 e. The Bertz CT molecular complexity index is 495. The number of phenols is 1. The highest BCUT2D eigenvalue weighted by Gasteiger charge is 2.36. The summed E-state index contributed by atoms with van der Waals surface area (Å²) < 4.78 is 0. The molecule has 21 heavy (non-hydrogen) atoms. The second-order valence-corrected chi connectivity index (χ2v) is 8.24. The van der Waals surface area contributed by atoms with Crippen LogP contribution in [-0.4, -0.2) is 5.11 Å². The third kappa shape index (κ3) is 4.02. The molecule has 0 aliphatic heterocycles. The minimum absolute atomic E-state index is 0.520. The third-order valence-corrected chi connectivity index (χ3v) is 5.89. The predicted octanol–water partition coefficient (Wildman–Crippen LogP) is 5.64. The molecule has 2 aliphatic carbocycles. The zero-order valence-electron chi connectivity index (χ0n) is 13.8. The second-order valence-electron chi connectivity index (χ2n) is 8.24. The third-order valence-electron chi connectivity index (χ3n) is 5.89. The maximum absolute atomic E-state index is 10.2. The lowest BCUT2D eigenvalue weighted by atomic mass is 9.92. The molecule has 0 unspecified atom stereocenters. The minimum Gasteiger partial charge on any atom is -0.508 e. The lowest BCUT2D eigenvalue weighted by molar-refractivity contribution is 0.454. The molecule has 1 N–H and O–H groups in total. The van der Waals surface area contributed by atoms with Gasteiger partial charge in [-0.2, -0.15) is 0 Å². The molecule has 2 aliphatic rings. The smallest absolute Gasteiger partial charge is 0.119 e. The Morgan fingerprint density at radius 3 is 2.05 bits per heavy atom. The highest BCUT2D eigenvalue weighted by molar-refractivity contribution is 5.39. The predicted molar refractivity (Wildman–Crippen MR) is 88.7 cm³/mol. The Balaban J connectivity index is 1.55. The molecule has 116 valence electrons. The lowest BCUT2D eigenvalue weighted by Gasteiger charge is -2.14. The van der Waals surface area contributed by atoms with Crippen molar-refractivity contribution in [3.63, 3.8) is 0 Å². The SMILES string of the molecule is CC1(CCCc2cccc(O)c2CCCC2(C)CC2)CC1. The molecule has 3 rings (SSSR count). The molecule has 1 heteroatoms. The molecule has 0 bridgehead atoms.